The zero-order valence-corrected chi connectivity index (χ0v) is 10.2. The van der Waals surface area contributed by atoms with Gasteiger partial charge in [-0.15, -0.1) is 0 Å². The van der Waals surface area contributed by atoms with E-state index in [2.05, 4.69) is 32.0 Å². The van der Waals surface area contributed by atoms with Crippen molar-refractivity contribution in [2.75, 3.05) is 6.61 Å². The number of rotatable bonds is 6. The van der Waals surface area contributed by atoms with E-state index < -0.39 is 0 Å². The van der Waals surface area contributed by atoms with Crippen molar-refractivity contribution in [3.8, 4) is 0 Å². The van der Waals surface area contributed by atoms with Gasteiger partial charge in [-0.1, -0.05) is 0 Å². The summed E-state index contributed by atoms with van der Waals surface area (Å²) in [4.78, 5) is 0. The highest BCUT2D eigenvalue weighted by Crippen LogP contribution is 2.30. The molecule has 0 fully saturated rings. The van der Waals surface area contributed by atoms with Gasteiger partial charge < -0.3 is 4.18 Å². The van der Waals surface area contributed by atoms with Crippen LogP contribution in [0.4, 0.5) is 0 Å². The molecule has 0 aromatic rings. The van der Waals surface area contributed by atoms with Crippen LogP contribution >= 0.6 is 22.1 Å². The summed E-state index contributed by atoms with van der Waals surface area (Å²) >= 11 is 1.46. The summed E-state index contributed by atoms with van der Waals surface area (Å²) in [5.41, 5.74) is 0. The minimum Gasteiger partial charge on any atom is -0.304 e. The molecule has 0 saturated heterocycles. The molecule has 2 nitrogen and oxygen atoms in total. The molecule has 0 spiro atoms. The summed E-state index contributed by atoms with van der Waals surface area (Å²) in [5, 5.41) is 0. The highest BCUT2D eigenvalue weighted by atomic mass is 33.1. The third kappa shape index (κ3) is 5.30. The lowest BCUT2D eigenvalue weighted by molar-refractivity contribution is 0.337. The zero-order chi connectivity index (χ0) is 9.56. The Morgan fingerprint density at radius 2 is 1.67 bits per heavy atom. The number of nitrogens with zero attached hydrogens (tertiary/aromatic N) is 1. The van der Waals surface area contributed by atoms with E-state index in [0.717, 1.165) is 6.61 Å². The average Bonchev–Trinajstić information content (AvgIpc) is 1.96. The normalized spacial score (nSPS) is 12.0. The van der Waals surface area contributed by atoms with Crippen LogP contribution in [0.5, 0.6) is 0 Å². The second-order valence-electron chi connectivity index (χ2n) is 3.10. The summed E-state index contributed by atoms with van der Waals surface area (Å²) < 4.78 is 7.52. The third-order valence-corrected chi connectivity index (χ3v) is 3.70. The molecule has 0 rings (SSSR count). The monoisotopic (exact) mass is 209 g/mol. The third-order valence-electron chi connectivity index (χ3n) is 1.30. The summed E-state index contributed by atoms with van der Waals surface area (Å²) in [6, 6.07) is 1.12. The second-order valence-corrected chi connectivity index (χ2v) is 4.89. The second kappa shape index (κ2) is 7.06. The van der Waals surface area contributed by atoms with Gasteiger partial charge in [0.15, 0.2) is 0 Å². The van der Waals surface area contributed by atoms with Gasteiger partial charge in [0.1, 0.15) is 0 Å². The molecule has 4 heteroatoms. The molecular formula is C8H19NOS2. The van der Waals surface area contributed by atoms with Crippen molar-refractivity contribution in [1.29, 1.82) is 0 Å². The van der Waals surface area contributed by atoms with Gasteiger partial charge in [-0.3, -0.25) is 0 Å². The zero-order valence-electron chi connectivity index (χ0n) is 8.53. The van der Waals surface area contributed by atoms with Crippen molar-refractivity contribution in [3.05, 3.63) is 0 Å². The summed E-state index contributed by atoms with van der Waals surface area (Å²) in [6.07, 6.45) is 0. The topological polar surface area (TPSA) is 12.5 Å². The van der Waals surface area contributed by atoms with Crippen molar-refractivity contribution in [2.45, 2.75) is 46.7 Å². The SMILES string of the molecule is CCOSSN(C(C)C)C(C)C. The first-order chi connectivity index (χ1) is 5.59. The molecule has 0 N–H and O–H groups in total. The first kappa shape index (κ1) is 12.6. The van der Waals surface area contributed by atoms with Gasteiger partial charge in [-0.2, -0.15) is 0 Å². The van der Waals surface area contributed by atoms with Crippen LogP contribution in [0.1, 0.15) is 34.6 Å². The molecule has 0 aliphatic heterocycles. The molecule has 0 radical (unpaired) electrons. The van der Waals surface area contributed by atoms with E-state index in [1.165, 1.54) is 11.1 Å². The predicted molar refractivity (Wildman–Crippen MR) is 58.9 cm³/mol. The first-order valence-corrected chi connectivity index (χ1v) is 6.37. The highest BCUT2D eigenvalue weighted by molar-refractivity contribution is 8.73. The Labute approximate surface area is 84.2 Å². The maximum Gasteiger partial charge on any atom is 0.0793 e. The van der Waals surface area contributed by atoms with Crippen molar-refractivity contribution >= 4 is 22.1 Å². The van der Waals surface area contributed by atoms with Crippen LogP contribution in [-0.2, 0) is 4.18 Å². The fraction of sp³-hybridized carbons (Fsp3) is 1.00. The Balaban J connectivity index is 3.64. The van der Waals surface area contributed by atoms with Crippen LogP contribution in [-0.4, -0.2) is 23.0 Å². The molecule has 0 heterocycles. The molecule has 0 saturated carbocycles. The van der Waals surface area contributed by atoms with E-state index in [4.69, 9.17) is 4.18 Å². The predicted octanol–water partition coefficient (Wildman–Crippen LogP) is 3.35. The quantitative estimate of drug-likeness (QED) is 0.288. The van der Waals surface area contributed by atoms with Gasteiger partial charge in [0.25, 0.3) is 0 Å². The van der Waals surface area contributed by atoms with Gasteiger partial charge in [0, 0.05) is 23.1 Å². The largest absolute Gasteiger partial charge is 0.304 e. The minimum atomic E-state index is 0.558. The van der Waals surface area contributed by atoms with Gasteiger partial charge >= 0.3 is 0 Å². The lowest BCUT2D eigenvalue weighted by Gasteiger charge is -2.27. The standard InChI is InChI=1S/C8H19NOS2/c1-6-10-12-11-9(7(2)3)8(4)5/h7-8H,6H2,1-5H3. The summed E-state index contributed by atoms with van der Waals surface area (Å²) in [7, 11) is 1.69. The Bertz CT molecular complexity index is 101. The van der Waals surface area contributed by atoms with Crippen molar-refractivity contribution in [2.24, 2.45) is 0 Å². The van der Waals surface area contributed by atoms with E-state index in [1.54, 1.807) is 11.0 Å². The molecule has 0 aliphatic carbocycles. The molecular weight excluding hydrogens is 190 g/mol. The fourth-order valence-corrected chi connectivity index (χ4v) is 3.09. The first-order valence-electron chi connectivity index (χ1n) is 4.34. The smallest absolute Gasteiger partial charge is 0.0793 e. The molecule has 0 bridgehead atoms. The van der Waals surface area contributed by atoms with Crippen LogP contribution < -0.4 is 0 Å². The molecule has 74 valence electrons. The van der Waals surface area contributed by atoms with Gasteiger partial charge in [0.2, 0.25) is 0 Å². The van der Waals surface area contributed by atoms with E-state index in [1.807, 2.05) is 6.92 Å². The van der Waals surface area contributed by atoms with Crippen LogP contribution in [0.2, 0.25) is 0 Å². The Morgan fingerprint density at radius 1 is 1.17 bits per heavy atom. The molecule has 0 aliphatic rings. The fourth-order valence-electron chi connectivity index (χ4n) is 0.873. The van der Waals surface area contributed by atoms with Crippen LogP contribution in [0, 0.1) is 0 Å². The van der Waals surface area contributed by atoms with Crippen molar-refractivity contribution in [1.82, 2.24) is 4.31 Å². The maximum atomic E-state index is 5.20. The van der Waals surface area contributed by atoms with E-state index in [0.29, 0.717) is 12.1 Å². The van der Waals surface area contributed by atoms with E-state index >= 15 is 0 Å². The Kier molecular flexibility index (Phi) is 7.43. The van der Waals surface area contributed by atoms with Gasteiger partial charge in [0.05, 0.1) is 17.7 Å². The molecule has 12 heavy (non-hydrogen) atoms. The molecule has 0 atom stereocenters. The summed E-state index contributed by atoms with van der Waals surface area (Å²) in [6.45, 7) is 11.5. The minimum absolute atomic E-state index is 0.558. The van der Waals surface area contributed by atoms with Crippen molar-refractivity contribution < 1.29 is 4.18 Å². The average molecular weight is 209 g/mol. The Morgan fingerprint density at radius 3 is 2.00 bits per heavy atom. The van der Waals surface area contributed by atoms with Crippen LogP contribution in [0.15, 0.2) is 0 Å². The molecule has 0 aromatic carbocycles. The van der Waals surface area contributed by atoms with E-state index in [-0.39, 0.29) is 0 Å². The maximum absolute atomic E-state index is 5.20. The molecule has 0 aromatic heterocycles. The van der Waals surface area contributed by atoms with Gasteiger partial charge in [-0.05, 0) is 34.6 Å². The Hall–Kier alpha value is 0.620. The van der Waals surface area contributed by atoms with Crippen molar-refractivity contribution in [3.63, 3.8) is 0 Å². The number of hydrogen-bond donors (Lipinski definition) is 0. The summed E-state index contributed by atoms with van der Waals surface area (Å²) in [5.74, 6) is 0. The van der Waals surface area contributed by atoms with E-state index in [9.17, 15) is 0 Å². The lowest BCUT2D eigenvalue weighted by Crippen LogP contribution is -2.29. The highest BCUT2D eigenvalue weighted by Gasteiger charge is 2.14. The molecule has 0 amide bonds. The van der Waals surface area contributed by atoms with Crippen LogP contribution in [0.25, 0.3) is 0 Å². The van der Waals surface area contributed by atoms with Crippen LogP contribution in [0.3, 0.4) is 0 Å². The lowest BCUT2D eigenvalue weighted by atomic mass is 10.3. The van der Waals surface area contributed by atoms with Gasteiger partial charge in [-0.25, -0.2) is 4.31 Å². The molecule has 0 unspecified atom stereocenters. The number of hydrogen-bond acceptors (Lipinski definition) is 4.